The van der Waals surface area contributed by atoms with Crippen LogP contribution in [-0.4, -0.2) is 18.9 Å². The van der Waals surface area contributed by atoms with Crippen LogP contribution >= 0.6 is 23.2 Å². The van der Waals surface area contributed by atoms with Gasteiger partial charge < -0.3 is 14.8 Å². The first-order valence-electron chi connectivity index (χ1n) is 9.61. The number of hydrogen-bond acceptors (Lipinski definition) is 5. The molecule has 3 aromatic rings. The van der Waals surface area contributed by atoms with Gasteiger partial charge in [0.2, 0.25) is 0 Å². The fourth-order valence-electron chi connectivity index (χ4n) is 3.20. The van der Waals surface area contributed by atoms with Gasteiger partial charge in [-0.2, -0.15) is 0 Å². The number of halogens is 2. The minimum Gasteiger partial charge on any atom is -0.495 e. The Labute approximate surface area is 195 Å². The quantitative estimate of drug-likeness (QED) is 0.457. The van der Waals surface area contributed by atoms with Crippen molar-refractivity contribution in [2.24, 2.45) is 0 Å². The average molecular weight is 469 g/mol. The van der Waals surface area contributed by atoms with E-state index in [9.17, 15) is 9.59 Å². The predicted molar refractivity (Wildman–Crippen MR) is 125 cm³/mol. The molecule has 0 spiro atoms. The van der Waals surface area contributed by atoms with Crippen LogP contribution < -0.4 is 19.7 Å². The van der Waals surface area contributed by atoms with E-state index in [-0.39, 0.29) is 10.7 Å². The average Bonchev–Trinajstić information content (AvgIpc) is 3.00. The van der Waals surface area contributed by atoms with Crippen LogP contribution in [0.25, 0.3) is 0 Å². The molecule has 0 aromatic heterocycles. The molecule has 162 valence electrons. The second-order valence-corrected chi connectivity index (χ2v) is 7.76. The number of amides is 2. The molecule has 32 heavy (non-hydrogen) atoms. The standard InChI is InChI=1S/C24H18Cl2N2O4/c1-14-12-19(20(31-2)13-18(14)25)27-22-21(26)23(29)28(24(22)30)15-8-10-17(11-9-15)32-16-6-4-3-5-7-16/h3-13,27H,1-2H3. The van der Waals surface area contributed by atoms with E-state index >= 15 is 0 Å². The predicted octanol–water partition coefficient (Wildman–Crippen LogP) is 5.89. The van der Waals surface area contributed by atoms with Crippen molar-refractivity contribution in [3.63, 3.8) is 0 Å². The molecule has 4 rings (SSSR count). The number of nitrogens with zero attached hydrogens (tertiary/aromatic N) is 1. The highest BCUT2D eigenvalue weighted by atomic mass is 35.5. The SMILES string of the molecule is COc1cc(Cl)c(C)cc1NC1=C(Cl)C(=O)N(c2ccc(Oc3ccccc3)cc2)C1=O. The Kier molecular flexibility index (Phi) is 6.08. The van der Waals surface area contributed by atoms with Gasteiger partial charge in [-0.25, -0.2) is 4.90 Å². The van der Waals surface area contributed by atoms with Crippen molar-refractivity contribution in [3.8, 4) is 17.2 Å². The third-order valence-corrected chi connectivity index (χ3v) is 5.60. The van der Waals surface area contributed by atoms with Gasteiger partial charge in [0, 0.05) is 11.1 Å². The van der Waals surface area contributed by atoms with E-state index in [4.69, 9.17) is 32.7 Å². The van der Waals surface area contributed by atoms with E-state index in [0.717, 1.165) is 10.5 Å². The highest BCUT2D eigenvalue weighted by Gasteiger charge is 2.39. The summed E-state index contributed by atoms with van der Waals surface area (Å²) in [4.78, 5) is 26.8. The number of imide groups is 1. The van der Waals surface area contributed by atoms with E-state index in [1.165, 1.54) is 7.11 Å². The first-order chi connectivity index (χ1) is 15.4. The molecule has 0 atom stereocenters. The third kappa shape index (κ3) is 4.15. The summed E-state index contributed by atoms with van der Waals surface area (Å²) in [5, 5.41) is 3.23. The molecule has 0 radical (unpaired) electrons. The summed E-state index contributed by atoms with van der Waals surface area (Å²) in [5.41, 5.74) is 1.57. The fourth-order valence-corrected chi connectivity index (χ4v) is 3.56. The number of carbonyl (C=O) groups excluding carboxylic acids is 2. The number of benzene rings is 3. The van der Waals surface area contributed by atoms with Crippen LogP contribution in [0.4, 0.5) is 11.4 Å². The Morgan fingerprint density at radius 2 is 1.53 bits per heavy atom. The largest absolute Gasteiger partial charge is 0.495 e. The van der Waals surface area contributed by atoms with Gasteiger partial charge >= 0.3 is 0 Å². The van der Waals surface area contributed by atoms with Gasteiger partial charge in [-0.15, -0.1) is 0 Å². The maximum Gasteiger partial charge on any atom is 0.283 e. The first kappa shape index (κ1) is 21.7. The molecule has 0 saturated carbocycles. The molecule has 1 aliphatic rings. The number of rotatable bonds is 6. The zero-order valence-corrected chi connectivity index (χ0v) is 18.7. The molecule has 0 fully saturated rings. The molecule has 1 aliphatic heterocycles. The van der Waals surface area contributed by atoms with Gasteiger partial charge in [-0.1, -0.05) is 41.4 Å². The van der Waals surface area contributed by atoms with Crippen LogP contribution in [0.5, 0.6) is 17.2 Å². The second-order valence-electron chi connectivity index (χ2n) is 6.97. The summed E-state index contributed by atoms with van der Waals surface area (Å²) in [5.74, 6) is 0.459. The fraction of sp³-hybridized carbons (Fsp3) is 0.0833. The van der Waals surface area contributed by atoms with Crippen molar-refractivity contribution in [2.45, 2.75) is 6.92 Å². The molecule has 1 N–H and O–H groups in total. The molecule has 6 nitrogen and oxygen atoms in total. The van der Waals surface area contributed by atoms with E-state index in [0.29, 0.717) is 33.6 Å². The third-order valence-electron chi connectivity index (χ3n) is 4.84. The van der Waals surface area contributed by atoms with Gasteiger partial charge in [0.25, 0.3) is 11.8 Å². The van der Waals surface area contributed by atoms with Crippen LogP contribution in [0.2, 0.25) is 5.02 Å². The Bertz CT molecular complexity index is 1220. The topological polar surface area (TPSA) is 67.9 Å². The highest BCUT2D eigenvalue weighted by Crippen LogP contribution is 2.36. The smallest absolute Gasteiger partial charge is 0.283 e. The molecule has 0 bridgehead atoms. The molecule has 3 aromatic carbocycles. The minimum atomic E-state index is -0.624. The number of para-hydroxylation sites is 1. The Morgan fingerprint density at radius 1 is 0.875 bits per heavy atom. The Balaban J connectivity index is 1.57. The second kappa shape index (κ2) is 8.94. The molecule has 2 amide bonds. The lowest BCUT2D eigenvalue weighted by atomic mass is 10.2. The summed E-state index contributed by atoms with van der Waals surface area (Å²) >= 11 is 12.4. The van der Waals surface area contributed by atoms with Gasteiger partial charge in [0.15, 0.2) is 0 Å². The Morgan fingerprint density at radius 3 is 2.19 bits per heavy atom. The van der Waals surface area contributed by atoms with Crippen molar-refractivity contribution in [2.75, 3.05) is 17.3 Å². The van der Waals surface area contributed by atoms with Crippen molar-refractivity contribution < 1.29 is 19.1 Å². The summed E-state index contributed by atoms with van der Waals surface area (Å²) < 4.78 is 11.1. The molecular weight excluding hydrogens is 451 g/mol. The normalized spacial score (nSPS) is 13.6. The molecule has 1 heterocycles. The van der Waals surface area contributed by atoms with Crippen molar-refractivity contribution in [3.05, 3.63) is 88.0 Å². The van der Waals surface area contributed by atoms with Gasteiger partial charge in [-0.3, -0.25) is 9.59 Å². The lowest BCUT2D eigenvalue weighted by molar-refractivity contribution is -0.120. The summed E-state index contributed by atoms with van der Waals surface area (Å²) in [6.07, 6.45) is 0. The summed E-state index contributed by atoms with van der Waals surface area (Å²) in [7, 11) is 1.48. The lowest BCUT2D eigenvalue weighted by Gasteiger charge is -2.17. The number of ether oxygens (including phenoxy) is 2. The maximum atomic E-state index is 13.1. The van der Waals surface area contributed by atoms with Crippen molar-refractivity contribution >= 4 is 46.4 Å². The lowest BCUT2D eigenvalue weighted by Crippen LogP contribution is -2.32. The number of aryl methyl sites for hydroxylation is 1. The van der Waals surface area contributed by atoms with E-state index in [1.807, 2.05) is 37.3 Å². The summed E-state index contributed by atoms with van der Waals surface area (Å²) in [6.45, 7) is 1.82. The minimum absolute atomic E-state index is 0.0405. The zero-order valence-electron chi connectivity index (χ0n) is 17.2. The summed E-state index contributed by atoms with van der Waals surface area (Å²) in [6, 6.07) is 19.2. The molecule has 0 unspecified atom stereocenters. The first-order valence-corrected chi connectivity index (χ1v) is 10.4. The Hall–Kier alpha value is -3.48. The van der Waals surface area contributed by atoms with Crippen molar-refractivity contribution in [1.82, 2.24) is 0 Å². The maximum absolute atomic E-state index is 13.1. The number of hydrogen-bond donors (Lipinski definition) is 1. The number of carbonyl (C=O) groups is 2. The van der Waals surface area contributed by atoms with Crippen molar-refractivity contribution in [1.29, 1.82) is 0 Å². The monoisotopic (exact) mass is 468 g/mol. The van der Waals surface area contributed by atoms with Crippen LogP contribution in [0, 0.1) is 6.92 Å². The van der Waals surface area contributed by atoms with E-state index < -0.39 is 11.8 Å². The van der Waals surface area contributed by atoms with Gasteiger partial charge in [0.05, 0.1) is 18.5 Å². The molecule has 0 saturated heterocycles. The number of anilines is 2. The van der Waals surface area contributed by atoms with Gasteiger partial charge in [-0.05, 0) is 55.0 Å². The molecular formula is C24H18Cl2N2O4. The van der Waals surface area contributed by atoms with Crippen LogP contribution in [0.3, 0.4) is 0 Å². The number of methoxy groups -OCH3 is 1. The van der Waals surface area contributed by atoms with Crippen LogP contribution in [0.1, 0.15) is 5.56 Å². The highest BCUT2D eigenvalue weighted by molar-refractivity contribution is 6.53. The number of nitrogens with one attached hydrogen (secondary N) is 1. The van der Waals surface area contributed by atoms with E-state index in [2.05, 4.69) is 5.32 Å². The van der Waals surface area contributed by atoms with Crippen LogP contribution in [0.15, 0.2) is 77.5 Å². The van der Waals surface area contributed by atoms with Crippen LogP contribution in [-0.2, 0) is 9.59 Å². The van der Waals surface area contributed by atoms with E-state index in [1.54, 1.807) is 36.4 Å². The molecule has 0 aliphatic carbocycles. The van der Waals surface area contributed by atoms with Gasteiger partial charge in [0.1, 0.15) is 28.0 Å². The zero-order chi connectivity index (χ0) is 22.8. The molecule has 8 heteroatoms.